The zero-order valence-corrected chi connectivity index (χ0v) is 11.0. The van der Waals surface area contributed by atoms with E-state index in [2.05, 4.69) is 4.98 Å². The molecule has 4 nitrogen and oxygen atoms in total. The molecule has 1 aromatic heterocycles. The van der Waals surface area contributed by atoms with E-state index in [1.165, 1.54) is 24.5 Å². The van der Waals surface area contributed by atoms with E-state index < -0.39 is 11.8 Å². The van der Waals surface area contributed by atoms with Gasteiger partial charge in [0.05, 0.1) is 19.2 Å². The molecule has 0 atom stereocenters. The summed E-state index contributed by atoms with van der Waals surface area (Å²) >= 11 is 1.36. The van der Waals surface area contributed by atoms with Crippen LogP contribution < -0.4 is 4.74 Å². The fourth-order valence-corrected chi connectivity index (χ4v) is 2.44. The van der Waals surface area contributed by atoms with E-state index >= 15 is 0 Å². The number of benzene rings is 1. The summed E-state index contributed by atoms with van der Waals surface area (Å²) in [7, 11) is 1.41. The maximum atomic E-state index is 13.6. The summed E-state index contributed by atoms with van der Waals surface area (Å²) in [4.78, 5) is 14.8. The van der Waals surface area contributed by atoms with Gasteiger partial charge < -0.3 is 9.84 Å². The standard InChI is InChI=1S/C13H12FNO3S/c1-18-11-4-2-8(6-10(11)14)13-15-9(7-19-13)3-5-12(16)17/h2,4,6-7H,3,5H2,1H3,(H,16,17). The largest absolute Gasteiger partial charge is 0.494 e. The molecule has 0 aliphatic carbocycles. The number of rotatable bonds is 5. The van der Waals surface area contributed by atoms with Crippen molar-refractivity contribution in [3.05, 3.63) is 35.1 Å². The first kappa shape index (κ1) is 13.5. The highest BCUT2D eigenvalue weighted by atomic mass is 32.1. The van der Waals surface area contributed by atoms with E-state index in [0.717, 1.165) is 0 Å². The number of halogens is 1. The molecule has 100 valence electrons. The lowest BCUT2D eigenvalue weighted by molar-refractivity contribution is -0.136. The van der Waals surface area contributed by atoms with Crippen molar-refractivity contribution < 1.29 is 19.0 Å². The topological polar surface area (TPSA) is 59.4 Å². The van der Waals surface area contributed by atoms with Crippen LogP contribution in [0.15, 0.2) is 23.6 Å². The van der Waals surface area contributed by atoms with Crippen molar-refractivity contribution in [1.29, 1.82) is 0 Å². The highest BCUT2D eigenvalue weighted by molar-refractivity contribution is 7.13. The summed E-state index contributed by atoms with van der Waals surface area (Å²) in [6.07, 6.45) is 0.421. The molecule has 0 fully saturated rings. The quantitative estimate of drug-likeness (QED) is 0.915. The summed E-state index contributed by atoms with van der Waals surface area (Å²) in [5.41, 5.74) is 1.36. The van der Waals surface area contributed by atoms with Gasteiger partial charge in [-0.1, -0.05) is 0 Å². The van der Waals surface area contributed by atoms with Gasteiger partial charge in [-0.05, 0) is 18.2 Å². The third kappa shape index (κ3) is 3.29. The van der Waals surface area contributed by atoms with Crippen molar-refractivity contribution in [3.63, 3.8) is 0 Å². The maximum Gasteiger partial charge on any atom is 0.303 e. The molecule has 2 rings (SSSR count). The van der Waals surface area contributed by atoms with E-state index in [0.29, 0.717) is 22.7 Å². The van der Waals surface area contributed by atoms with E-state index in [1.54, 1.807) is 17.5 Å². The average Bonchev–Trinajstić information content (AvgIpc) is 2.85. The van der Waals surface area contributed by atoms with Crippen molar-refractivity contribution >= 4 is 17.3 Å². The lowest BCUT2D eigenvalue weighted by Crippen LogP contribution is -1.97. The second kappa shape index (κ2) is 5.79. The summed E-state index contributed by atoms with van der Waals surface area (Å²) in [5.74, 6) is -1.11. The number of aliphatic carboxylic acids is 1. The Morgan fingerprint density at radius 3 is 2.95 bits per heavy atom. The zero-order valence-electron chi connectivity index (χ0n) is 10.2. The Morgan fingerprint density at radius 1 is 1.53 bits per heavy atom. The Morgan fingerprint density at radius 2 is 2.32 bits per heavy atom. The molecule has 0 saturated carbocycles. The molecule has 1 heterocycles. The molecule has 19 heavy (non-hydrogen) atoms. The Balaban J connectivity index is 2.18. The van der Waals surface area contributed by atoms with Crippen molar-refractivity contribution in [2.75, 3.05) is 7.11 Å². The Kier molecular flexibility index (Phi) is 4.11. The minimum absolute atomic E-state index is 0.0418. The molecule has 0 aliphatic rings. The first-order chi connectivity index (χ1) is 9.10. The van der Waals surface area contributed by atoms with Crippen LogP contribution in [0.25, 0.3) is 10.6 Å². The minimum Gasteiger partial charge on any atom is -0.494 e. The molecular formula is C13H12FNO3S. The number of nitrogens with zero attached hydrogens (tertiary/aromatic N) is 1. The van der Waals surface area contributed by atoms with Crippen LogP contribution in [-0.2, 0) is 11.2 Å². The first-order valence-corrected chi connectivity index (χ1v) is 6.48. The number of hydrogen-bond donors (Lipinski definition) is 1. The number of aryl methyl sites for hydroxylation is 1. The number of hydrogen-bond acceptors (Lipinski definition) is 4. The second-order valence-corrected chi connectivity index (χ2v) is 4.75. The van der Waals surface area contributed by atoms with Gasteiger partial charge in [-0.2, -0.15) is 0 Å². The van der Waals surface area contributed by atoms with Crippen LogP contribution in [0.1, 0.15) is 12.1 Å². The normalized spacial score (nSPS) is 10.4. The number of carboxylic acids is 1. The predicted molar refractivity (Wildman–Crippen MR) is 70.0 cm³/mol. The number of thiazole rings is 1. The summed E-state index contributed by atoms with van der Waals surface area (Å²) in [6, 6.07) is 4.63. The van der Waals surface area contributed by atoms with Crippen LogP contribution in [0.3, 0.4) is 0 Å². The van der Waals surface area contributed by atoms with Crippen LogP contribution in [0.4, 0.5) is 4.39 Å². The number of methoxy groups -OCH3 is 1. The summed E-state index contributed by atoms with van der Waals surface area (Å²) in [5, 5.41) is 11.1. The van der Waals surface area contributed by atoms with Crippen molar-refractivity contribution in [2.24, 2.45) is 0 Å². The number of carboxylic acid groups (broad SMARTS) is 1. The molecular weight excluding hydrogens is 269 g/mol. The van der Waals surface area contributed by atoms with Gasteiger partial charge in [-0.15, -0.1) is 11.3 Å². The average molecular weight is 281 g/mol. The molecule has 0 bridgehead atoms. The number of carbonyl (C=O) groups is 1. The van der Waals surface area contributed by atoms with Gasteiger partial charge in [-0.25, -0.2) is 9.37 Å². The van der Waals surface area contributed by atoms with Crippen LogP contribution in [0.2, 0.25) is 0 Å². The highest BCUT2D eigenvalue weighted by Crippen LogP contribution is 2.28. The molecule has 0 spiro atoms. The van der Waals surface area contributed by atoms with Gasteiger partial charge in [0.1, 0.15) is 5.01 Å². The SMILES string of the molecule is COc1ccc(-c2nc(CCC(=O)O)cs2)cc1F. The fourth-order valence-electron chi connectivity index (χ4n) is 1.59. The number of aromatic nitrogens is 1. The van der Waals surface area contributed by atoms with Gasteiger partial charge in [0.2, 0.25) is 0 Å². The third-order valence-corrected chi connectivity index (χ3v) is 3.49. The van der Waals surface area contributed by atoms with Gasteiger partial charge in [0.25, 0.3) is 0 Å². The monoisotopic (exact) mass is 281 g/mol. The molecule has 0 radical (unpaired) electrons. The van der Waals surface area contributed by atoms with Crippen molar-refractivity contribution in [1.82, 2.24) is 4.98 Å². The van der Waals surface area contributed by atoms with E-state index in [9.17, 15) is 9.18 Å². The molecule has 0 amide bonds. The summed E-state index contributed by atoms with van der Waals surface area (Å²) in [6.45, 7) is 0. The molecule has 0 aliphatic heterocycles. The highest BCUT2D eigenvalue weighted by Gasteiger charge is 2.09. The van der Waals surface area contributed by atoms with Gasteiger partial charge in [-0.3, -0.25) is 4.79 Å². The van der Waals surface area contributed by atoms with Crippen LogP contribution in [0.5, 0.6) is 5.75 Å². The van der Waals surface area contributed by atoms with E-state index in [-0.39, 0.29) is 12.2 Å². The molecule has 1 N–H and O–H groups in total. The Labute approximate surface area is 113 Å². The molecule has 0 saturated heterocycles. The van der Waals surface area contributed by atoms with Crippen LogP contribution in [0, 0.1) is 5.82 Å². The van der Waals surface area contributed by atoms with Crippen LogP contribution in [-0.4, -0.2) is 23.2 Å². The van der Waals surface area contributed by atoms with Crippen molar-refractivity contribution in [3.8, 4) is 16.3 Å². The Bertz CT molecular complexity index is 597. The predicted octanol–water partition coefficient (Wildman–Crippen LogP) is 2.98. The van der Waals surface area contributed by atoms with Crippen molar-refractivity contribution in [2.45, 2.75) is 12.8 Å². The molecule has 2 aromatic rings. The summed E-state index contributed by atoms with van der Waals surface area (Å²) < 4.78 is 18.4. The van der Waals surface area contributed by atoms with Gasteiger partial charge >= 0.3 is 5.97 Å². The lowest BCUT2D eigenvalue weighted by atomic mass is 10.2. The van der Waals surface area contributed by atoms with Gasteiger partial charge in [0.15, 0.2) is 11.6 Å². The van der Waals surface area contributed by atoms with E-state index in [1.807, 2.05) is 0 Å². The smallest absolute Gasteiger partial charge is 0.303 e. The fraction of sp³-hybridized carbons (Fsp3) is 0.231. The second-order valence-electron chi connectivity index (χ2n) is 3.89. The van der Waals surface area contributed by atoms with Gasteiger partial charge in [0, 0.05) is 17.4 Å². The molecule has 6 heteroatoms. The number of ether oxygens (including phenoxy) is 1. The third-order valence-electron chi connectivity index (χ3n) is 2.55. The lowest BCUT2D eigenvalue weighted by Gasteiger charge is -2.02. The molecule has 1 aromatic carbocycles. The zero-order chi connectivity index (χ0) is 13.8. The Hall–Kier alpha value is -1.95. The maximum absolute atomic E-state index is 13.6. The minimum atomic E-state index is -0.856. The van der Waals surface area contributed by atoms with E-state index in [4.69, 9.17) is 9.84 Å². The molecule has 0 unspecified atom stereocenters. The first-order valence-electron chi connectivity index (χ1n) is 5.60. The van der Waals surface area contributed by atoms with Crippen LogP contribution >= 0.6 is 11.3 Å².